The third-order valence-electron chi connectivity index (χ3n) is 4.34. The van der Waals surface area contributed by atoms with E-state index in [9.17, 15) is 9.59 Å². The zero-order chi connectivity index (χ0) is 19.4. The number of hydrogen-bond donors (Lipinski definition) is 3. The molecular weight excluding hydrogens is 344 g/mol. The molecule has 0 aromatic carbocycles. The van der Waals surface area contributed by atoms with Gasteiger partial charge in [-0.25, -0.2) is 9.97 Å². The smallest absolute Gasteiger partial charge is 0.255 e. The molecule has 0 aliphatic carbocycles. The molecule has 2 aromatic heterocycles. The normalized spacial score (nSPS) is 16.6. The standard InChI is InChI=1S/C19H24N6O2/c1-4-16(26)20-9-13-7-5-6-8-25(13)15-11-22-18-17(24-15)14(10-21-18)19(27)23-12(2)3/h4-6,10-13H,1,7-9H2,2-3H3,(H,20,26)(H,21,22)(H,23,27). The van der Waals surface area contributed by atoms with Crippen molar-refractivity contribution in [2.45, 2.75) is 32.4 Å². The van der Waals surface area contributed by atoms with Gasteiger partial charge in [-0.2, -0.15) is 0 Å². The highest BCUT2D eigenvalue weighted by Crippen LogP contribution is 2.23. The Balaban J connectivity index is 1.88. The van der Waals surface area contributed by atoms with Gasteiger partial charge in [-0.05, 0) is 26.3 Å². The first-order valence-corrected chi connectivity index (χ1v) is 8.96. The second-order valence-corrected chi connectivity index (χ2v) is 6.72. The first-order chi connectivity index (χ1) is 13.0. The van der Waals surface area contributed by atoms with Crippen LogP contribution in [0.25, 0.3) is 11.2 Å². The molecule has 0 saturated carbocycles. The number of aromatic nitrogens is 3. The van der Waals surface area contributed by atoms with Crippen LogP contribution in [0.4, 0.5) is 5.82 Å². The zero-order valence-corrected chi connectivity index (χ0v) is 15.5. The van der Waals surface area contributed by atoms with Crippen LogP contribution in [0.1, 0.15) is 30.6 Å². The Morgan fingerprint density at radius 1 is 1.44 bits per heavy atom. The van der Waals surface area contributed by atoms with Gasteiger partial charge < -0.3 is 20.5 Å². The van der Waals surface area contributed by atoms with Crippen molar-refractivity contribution in [1.29, 1.82) is 0 Å². The van der Waals surface area contributed by atoms with Crippen LogP contribution in [0.15, 0.2) is 37.2 Å². The molecule has 0 fully saturated rings. The lowest BCUT2D eigenvalue weighted by Gasteiger charge is -2.33. The molecular formula is C19H24N6O2. The summed E-state index contributed by atoms with van der Waals surface area (Å²) in [6, 6.07) is 0.0845. The van der Waals surface area contributed by atoms with Crippen LogP contribution in [0.3, 0.4) is 0 Å². The van der Waals surface area contributed by atoms with Crippen LogP contribution in [-0.2, 0) is 4.79 Å². The highest BCUT2D eigenvalue weighted by atomic mass is 16.2. The highest BCUT2D eigenvalue weighted by Gasteiger charge is 2.23. The monoisotopic (exact) mass is 368 g/mol. The fourth-order valence-electron chi connectivity index (χ4n) is 3.02. The minimum Gasteiger partial charge on any atom is -0.350 e. The molecule has 0 spiro atoms. The van der Waals surface area contributed by atoms with E-state index in [0.29, 0.717) is 35.6 Å². The molecule has 8 heteroatoms. The van der Waals surface area contributed by atoms with E-state index in [2.05, 4.69) is 49.2 Å². The summed E-state index contributed by atoms with van der Waals surface area (Å²) >= 11 is 0. The molecule has 142 valence electrons. The lowest BCUT2D eigenvalue weighted by molar-refractivity contribution is -0.116. The number of carbonyl (C=O) groups excluding carboxylic acids is 2. The van der Waals surface area contributed by atoms with Gasteiger partial charge >= 0.3 is 0 Å². The topological polar surface area (TPSA) is 103 Å². The summed E-state index contributed by atoms with van der Waals surface area (Å²) < 4.78 is 0. The maximum Gasteiger partial charge on any atom is 0.255 e. The van der Waals surface area contributed by atoms with Crippen LogP contribution in [-0.4, -0.2) is 51.9 Å². The van der Waals surface area contributed by atoms with Crippen molar-refractivity contribution >= 4 is 28.8 Å². The lowest BCUT2D eigenvalue weighted by Crippen LogP contribution is -2.45. The van der Waals surface area contributed by atoms with E-state index in [-0.39, 0.29) is 23.9 Å². The van der Waals surface area contributed by atoms with Crippen LogP contribution in [0.5, 0.6) is 0 Å². The molecule has 1 unspecified atom stereocenters. The number of nitrogens with zero attached hydrogens (tertiary/aromatic N) is 3. The van der Waals surface area contributed by atoms with E-state index in [4.69, 9.17) is 0 Å². The van der Waals surface area contributed by atoms with Crippen molar-refractivity contribution < 1.29 is 9.59 Å². The van der Waals surface area contributed by atoms with Gasteiger partial charge in [0.15, 0.2) is 5.65 Å². The van der Waals surface area contributed by atoms with Gasteiger partial charge in [0.2, 0.25) is 5.91 Å². The van der Waals surface area contributed by atoms with Crippen LogP contribution in [0.2, 0.25) is 0 Å². The van der Waals surface area contributed by atoms with E-state index >= 15 is 0 Å². The molecule has 1 atom stereocenters. The van der Waals surface area contributed by atoms with Gasteiger partial charge in [-0.15, -0.1) is 0 Å². The summed E-state index contributed by atoms with van der Waals surface area (Å²) in [6.07, 6.45) is 9.50. The third-order valence-corrected chi connectivity index (χ3v) is 4.34. The molecule has 0 radical (unpaired) electrons. The van der Waals surface area contributed by atoms with E-state index < -0.39 is 0 Å². The molecule has 0 saturated heterocycles. The summed E-state index contributed by atoms with van der Waals surface area (Å²) in [7, 11) is 0. The van der Waals surface area contributed by atoms with Gasteiger partial charge in [-0.1, -0.05) is 18.7 Å². The zero-order valence-electron chi connectivity index (χ0n) is 15.5. The Kier molecular flexibility index (Phi) is 5.54. The average molecular weight is 368 g/mol. The number of nitrogens with one attached hydrogen (secondary N) is 3. The Hall–Kier alpha value is -3.16. The fraction of sp³-hybridized carbons (Fsp3) is 0.368. The van der Waals surface area contributed by atoms with Crippen molar-refractivity contribution in [2.75, 3.05) is 18.0 Å². The first-order valence-electron chi connectivity index (χ1n) is 8.96. The van der Waals surface area contributed by atoms with Gasteiger partial charge in [0.05, 0.1) is 17.8 Å². The Labute approximate surface area is 157 Å². The molecule has 3 N–H and O–H groups in total. The van der Waals surface area contributed by atoms with Crippen molar-refractivity contribution in [1.82, 2.24) is 25.6 Å². The number of amides is 2. The van der Waals surface area contributed by atoms with Crippen LogP contribution in [0, 0.1) is 0 Å². The summed E-state index contributed by atoms with van der Waals surface area (Å²) in [4.78, 5) is 38.1. The predicted octanol–water partition coefficient (Wildman–Crippen LogP) is 1.53. The number of carbonyl (C=O) groups is 2. The van der Waals surface area contributed by atoms with Crippen molar-refractivity contribution in [3.63, 3.8) is 0 Å². The molecule has 2 aromatic rings. The molecule has 2 amide bonds. The fourth-order valence-corrected chi connectivity index (χ4v) is 3.02. The minimum atomic E-state index is -0.204. The number of fused-ring (bicyclic) bond motifs is 1. The van der Waals surface area contributed by atoms with E-state index in [1.807, 2.05) is 13.8 Å². The molecule has 27 heavy (non-hydrogen) atoms. The maximum atomic E-state index is 12.4. The molecule has 0 bridgehead atoms. The molecule has 1 aliphatic rings. The number of H-pyrrole nitrogens is 1. The van der Waals surface area contributed by atoms with E-state index in [1.54, 1.807) is 12.4 Å². The summed E-state index contributed by atoms with van der Waals surface area (Å²) in [6.45, 7) is 8.43. The van der Waals surface area contributed by atoms with Gasteiger partial charge in [0.25, 0.3) is 5.91 Å². The lowest BCUT2D eigenvalue weighted by atomic mass is 10.1. The van der Waals surface area contributed by atoms with Crippen molar-refractivity contribution in [3.8, 4) is 0 Å². The maximum absolute atomic E-state index is 12.4. The number of hydrogen-bond acceptors (Lipinski definition) is 5. The molecule has 3 rings (SSSR count). The highest BCUT2D eigenvalue weighted by molar-refractivity contribution is 6.04. The average Bonchev–Trinajstić information content (AvgIpc) is 3.09. The van der Waals surface area contributed by atoms with Crippen LogP contribution < -0.4 is 15.5 Å². The first kappa shape index (κ1) is 18.6. The number of aromatic amines is 1. The number of rotatable bonds is 6. The predicted molar refractivity (Wildman–Crippen MR) is 105 cm³/mol. The van der Waals surface area contributed by atoms with Crippen molar-refractivity contribution in [2.24, 2.45) is 0 Å². The summed E-state index contributed by atoms with van der Waals surface area (Å²) in [5.74, 6) is 0.281. The second-order valence-electron chi connectivity index (χ2n) is 6.72. The second kappa shape index (κ2) is 8.03. The SMILES string of the molecule is C=CC(=O)NCC1CC=CCN1c1cnc2[nH]cc(C(=O)NC(C)C)c2n1. The summed E-state index contributed by atoms with van der Waals surface area (Å²) in [5, 5.41) is 5.71. The molecule has 1 aliphatic heterocycles. The molecule has 8 nitrogen and oxygen atoms in total. The van der Waals surface area contributed by atoms with E-state index in [0.717, 1.165) is 6.42 Å². The Bertz CT molecular complexity index is 885. The summed E-state index contributed by atoms with van der Waals surface area (Å²) in [5.41, 5.74) is 1.57. The van der Waals surface area contributed by atoms with Gasteiger partial charge in [-0.3, -0.25) is 9.59 Å². The third kappa shape index (κ3) is 4.16. The van der Waals surface area contributed by atoms with Crippen LogP contribution >= 0.6 is 0 Å². The number of anilines is 1. The van der Waals surface area contributed by atoms with E-state index in [1.165, 1.54) is 6.08 Å². The quantitative estimate of drug-likeness (QED) is 0.530. The molecule has 3 heterocycles. The Morgan fingerprint density at radius 2 is 2.26 bits per heavy atom. The van der Waals surface area contributed by atoms with Crippen molar-refractivity contribution in [3.05, 3.63) is 42.8 Å². The Morgan fingerprint density at radius 3 is 3.00 bits per heavy atom. The minimum absolute atomic E-state index is 0.0312. The largest absolute Gasteiger partial charge is 0.350 e. The van der Waals surface area contributed by atoms with Gasteiger partial charge in [0.1, 0.15) is 11.3 Å². The van der Waals surface area contributed by atoms with Gasteiger partial charge in [0, 0.05) is 25.3 Å².